The molecule has 1 saturated heterocycles. The molecule has 4 rings (SSSR count). The number of anilines is 1. The van der Waals surface area contributed by atoms with Gasteiger partial charge in [0.15, 0.2) is 0 Å². The summed E-state index contributed by atoms with van der Waals surface area (Å²) in [6.45, 7) is 2.59. The first-order valence-electron chi connectivity index (χ1n) is 11.3. The number of amides is 3. The molecule has 37 heavy (non-hydrogen) atoms. The second-order valence-corrected chi connectivity index (χ2v) is 11.3. The maximum Gasteiger partial charge on any atom is 0.357 e. The molecule has 0 aliphatic carbocycles. The molecule has 196 valence electrons. The summed E-state index contributed by atoms with van der Waals surface area (Å²) < 4.78 is 33.2. The molecule has 4 N–H and O–H groups in total. The van der Waals surface area contributed by atoms with E-state index in [9.17, 15) is 22.8 Å². The summed E-state index contributed by atoms with van der Waals surface area (Å²) in [6.07, 6.45) is 0.225. The Balaban J connectivity index is 1.70. The zero-order valence-electron chi connectivity index (χ0n) is 19.7. The standard InChI is InChI=1S/C23H25N5O6S3/c1-2-27-9-10-28(23(31)22(27)30)19(20(24)29)16(17-13-36-21(25-17)18-4-3-11-35-18)12-14-5-7-15(8-6-14)26-37(32,33)34/h3-8,11,13,16,19,26H,2,9-10,12H2,1H3,(H2,24,29)(H,32,33,34)/t16-,19?/m1/s1. The van der Waals surface area contributed by atoms with Gasteiger partial charge in [-0.2, -0.15) is 8.42 Å². The summed E-state index contributed by atoms with van der Waals surface area (Å²) in [6, 6.07) is 8.90. The van der Waals surface area contributed by atoms with Crippen molar-refractivity contribution in [3.63, 3.8) is 0 Å². The van der Waals surface area contributed by atoms with Crippen LogP contribution in [0.3, 0.4) is 0 Å². The molecule has 2 aromatic heterocycles. The fourth-order valence-electron chi connectivity index (χ4n) is 4.29. The van der Waals surface area contributed by atoms with E-state index in [0.29, 0.717) is 17.8 Å². The van der Waals surface area contributed by atoms with E-state index in [1.54, 1.807) is 19.1 Å². The number of primary amides is 1. The molecule has 1 aliphatic heterocycles. The average molecular weight is 564 g/mol. The number of carbonyl (C=O) groups excluding carboxylic acids is 3. The van der Waals surface area contributed by atoms with E-state index >= 15 is 0 Å². The molecule has 0 bridgehead atoms. The number of rotatable bonds is 10. The van der Waals surface area contributed by atoms with Crippen LogP contribution in [0.5, 0.6) is 0 Å². The van der Waals surface area contributed by atoms with Crippen molar-refractivity contribution >= 4 is 56.4 Å². The highest BCUT2D eigenvalue weighted by molar-refractivity contribution is 7.87. The fraction of sp³-hybridized carbons (Fsp3) is 0.304. The molecule has 0 saturated carbocycles. The summed E-state index contributed by atoms with van der Waals surface area (Å²) >= 11 is 2.92. The lowest BCUT2D eigenvalue weighted by Gasteiger charge is -2.39. The van der Waals surface area contributed by atoms with Gasteiger partial charge in [-0.3, -0.25) is 23.7 Å². The van der Waals surface area contributed by atoms with Gasteiger partial charge in [0.25, 0.3) is 0 Å². The normalized spacial score (nSPS) is 16.1. The number of benzene rings is 1. The van der Waals surface area contributed by atoms with Gasteiger partial charge in [0, 0.05) is 30.9 Å². The lowest BCUT2D eigenvalue weighted by atomic mass is 9.87. The zero-order chi connectivity index (χ0) is 26.7. The number of aromatic nitrogens is 1. The summed E-state index contributed by atoms with van der Waals surface area (Å²) in [7, 11) is -4.43. The molecule has 3 heterocycles. The molecule has 1 aliphatic rings. The molecule has 0 radical (unpaired) electrons. The number of piperazine rings is 1. The van der Waals surface area contributed by atoms with Crippen molar-refractivity contribution in [2.45, 2.75) is 25.3 Å². The second-order valence-electron chi connectivity index (χ2n) is 8.37. The van der Waals surface area contributed by atoms with Crippen LogP contribution in [-0.4, -0.2) is 71.2 Å². The maximum atomic E-state index is 13.0. The Kier molecular flexibility index (Phi) is 7.92. The summed E-state index contributed by atoms with van der Waals surface area (Å²) in [4.78, 5) is 46.8. The molecular weight excluding hydrogens is 538 g/mol. The number of thiophene rings is 1. The van der Waals surface area contributed by atoms with Crippen LogP contribution in [0.2, 0.25) is 0 Å². The highest BCUT2D eigenvalue weighted by Crippen LogP contribution is 2.34. The first kappa shape index (κ1) is 26.7. The fourth-order valence-corrected chi connectivity index (χ4v) is 6.42. The van der Waals surface area contributed by atoms with Gasteiger partial charge in [0.05, 0.1) is 16.3 Å². The van der Waals surface area contributed by atoms with Gasteiger partial charge in [-0.15, -0.1) is 22.7 Å². The van der Waals surface area contributed by atoms with Gasteiger partial charge >= 0.3 is 22.1 Å². The van der Waals surface area contributed by atoms with Crippen molar-refractivity contribution < 1.29 is 27.4 Å². The number of nitrogens with two attached hydrogens (primary N) is 1. The maximum absolute atomic E-state index is 13.0. The first-order valence-corrected chi connectivity index (χ1v) is 14.5. The first-order chi connectivity index (χ1) is 17.6. The number of nitrogens with one attached hydrogen (secondary N) is 1. The molecule has 1 unspecified atom stereocenters. The van der Waals surface area contributed by atoms with Crippen molar-refractivity contribution in [2.24, 2.45) is 5.73 Å². The third-order valence-corrected chi connectivity index (χ3v) is 8.42. The Morgan fingerprint density at radius 3 is 2.49 bits per heavy atom. The van der Waals surface area contributed by atoms with Gasteiger partial charge in [-0.05, 0) is 42.5 Å². The minimum atomic E-state index is -4.43. The van der Waals surface area contributed by atoms with Crippen LogP contribution < -0.4 is 10.5 Å². The number of nitrogens with zero attached hydrogens (tertiary/aromatic N) is 3. The van der Waals surface area contributed by atoms with Crippen LogP contribution >= 0.6 is 22.7 Å². The van der Waals surface area contributed by atoms with Crippen molar-refractivity contribution in [2.75, 3.05) is 24.4 Å². The Bertz CT molecular complexity index is 1390. The quantitative estimate of drug-likeness (QED) is 0.251. The minimum Gasteiger partial charge on any atom is -0.368 e. The van der Waals surface area contributed by atoms with Gasteiger partial charge in [-0.25, -0.2) is 4.98 Å². The Hall–Kier alpha value is -3.33. The predicted molar refractivity (Wildman–Crippen MR) is 140 cm³/mol. The van der Waals surface area contributed by atoms with Crippen molar-refractivity contribution in [1.82, 2.24) is 14.8 Å². The Labute approximate surface area is 221 Å². The molecule has 3 amide bonds. The van der Waals surface area contributed by atoms with Crippen LogP contribution in [0.25, 0.3) is 9.88 Å². The summed E-state index contributed by atoms with van der Waals surface area (Å²) in [5.74, 6) is -2.90. The largest absolute Gasteiger partial charge is 0.368 e. The highest BCUT2D eigenvalue weighted by atomic mass is 32.2. The van der Waals surface area contributed by atoms with Crippen molar-refractivity contribution in [1.29, 1.82) is 0 Å². The monoisotopic (exact) mass is 563 g/mol. The van der Waals surface area contributed by atoms with E-state index in [0.717, 1.165) is 9.88 Å². The van der Waals surface area contributed by atoms with E-state index in [-0.39, 0.29) is 25.2 Å². The SMILES string of the molecule is CCN1CCN(C(C(N)=O)[C@H](Cc2ccc(NS(=O)(=O)O)cc2)c2csc(-c3cccs3)n2)C(=O)C1=O. The molecular formula is C23H25N5O6S3. The molecule has 1 aromatic carbocycles. The molecule has 11 nitrogen and oxygen atoms in total. The van der Waals surface area contributed by atoms with Gasteiger partial charge in [0.2, 0.25) is 5.91 Å². The third kappa shape index (κ3) is 6.15. The molecule has 1 fully saturated rings. The number of hydrogen-bond donors (Lipinski definition) is 3. The topological polar surface area (TPSA) is 163 Å². The van der Waals surface area contributed by atoms with E-state index in [1.165, 1.54) is 44.6 Å². The summed E-state index contributed by atoms with van der Waals surface area (Å²) in [5.41, 5.74) is 7.25. The van der Waals surface area contributed by atoms with Crippen molar-refractivity contribution in [3.05, 3.63) is 58.4 Å². The van der Waals surface area contributed by atoms with E-state index < -0.39 is 40.0 Å². The number of thiazole rings is 1. The van der Waals surface area contributed by atoms with Gasteiger partial charge in [0.1, 0.15) is 11.0 Å². The van der Waals surface area contributed by atoms with Crippen LogP contribution in [0, 0.1) is 0 Å². The molecule has 3 aromatic rings. The highest BCUT2D eigenvalue weighted by Gasteiger charge is 2.42. The van der Waals surface area contributed by atoms with E-state index in [4.69, 9.17) is 15.3 Å². The van der Waals surface area contributed by atoms with E-state index in [1.807, 2.05) is 27.6 Å². The van der Waals surface area contributed by atoms with E-state index in [2.05, 4.69) is 0 Å². The van der Waals surface area contributed by atoms with Crippen LogP contribution in [0.1, 0.15) is 24.1 Å². The number of likely N-dealkylation sites (N-methyl/N-ethyl adjacent to an activating group) is 1. The molecule has 0 spiro atoms. The zero-order valence-corrected chi connectivity index (χ0v) is 22.2. The van der Waals surface area contributed by atoms with Gasteiger partial charge < -0.3 is 15.5 Å². The number of carbonyl (C=O) groups is 3. The van der Waals surface area contributed by atoms with Crippen LogP contribution in [-0.2, 0) is 31.1 Å². The van der Waals surface area contributed by atoms with Crippen LogP contribution in [0.4, 0.5) is 5.69 Å². The minimum absolute atomic E-state index is 0.152. The lowest BCUT2D eigenvalue weighted by Crippen LogP contribution is -2.61. The van der Waals surface area contributed by atoms with Gasteiger partial charge in [-0.1, -0.05) is 18.2 Å². The lowest BCUT2D eigenvalue weighted by molar-refractivity contribution is -0.159. The smallest absolute Gasteiger partial charge is 0.357 e. The average Bonchev–Trinajstić information content (AvgIpc) is 3.54. The Morgan fingerprint density at radius 2 is 1.89 bits per heavy atom. The molecule has 2 atom stereocenters. The van der Waals surface area contributed by atoms with Crippen LogP contribution in [0.15, 0.2) is 47.2 Å². The summed E-state index contributed by atoms with van der Waals surface area (Å²) in [5, 5.41) is 4.50. The predicted octanol–water partition coefficient (Wildman–Crippen LogP) is 1.96. The third-order valence-electron chi connectivity index (χ3n) is 6.02. The van der Waals surface area contributed by atoms with Crippen molar-refractivity contribution in [3.8, 4) is 9.88 Å². The second kappa shape index (κ2) is 11.0. The molecule has 14 heteroatoms. The number of hydrogen-bond acceptors (Lipinski definition) is 8. The Morgan fingerprint density at radius 1 is 1.16 bits per heavy atom.